The molecule has 7 heteroatoms. The molecule has 1 aromatic rings. The van der Waals surface area contributed by atoms with Gasteiger partial charge in [-0.3, -0.25) is 0 Å². The first-order chi connectivity index (χ1) is 12.5. The van der Waals surface area contributed by atoms with Gasteiger partial charge in [-0.25, -0.2) is 9.69 Å². The van der Waals surface area contributed by atoms with Crippen molar-refractivity contribution >= 4 is 22.0 Å². The van der Waals surface area contributed by atoms with Gasteiger partial charge in [0.1, 0.15) is 6.61 Å². The Morgan fingerprint density at radius 3 is 2.54 bits per heavy atom. The van der Waals surface area contributed by atoms with Crippen LogP contribution < -0.4 is 0 Å². The van der Waals surface area contributed by atoms with Gasteiger partial charge in [0.05, 0.1) is 0 Å². The zero-order valence-corrected chi connectivity index (χ0v) is 16.6. The highest BCUT2D eigenvalue weighted by Gasteiger charge is 2.37. The highest BCUT2D eigenvalue weighted by Crippen LogP contribution is 2.23. The smallest absolute Gasteiger partial charge is 0.416 e. The van der Waals surface area contributed by atoms with E-state index in [0.717, 1.165) is 41.5 Å². The Balaban J connectivity index is 1.93. The largest absolute Gasteiger partial charge is 0.444 e. The third-order valence-electron chi connectivity index (χ3n) is 4.30. The van der Waals surface area contributed by atoms with E-state index in [-0.39, 0.29) is 6.61 Å². The molecule has 144 valence electrons. The fourth-order valence-electron chi connectivity index (χ4n) is 2.81. The number of aliphatic hydroxyl groups is 2. The van der Waals surface area contributed by atoms with Crippen molar-refractivity contribution in [3.8, 4) is 0 Å². The van der Waals surface area contributed by atoms with Crippen LogP contribution in [0, 0.1) is 0 Å². The molecular weight excluding hydrogens is 400 g/mol. The maximum Gasteiger partial charge on any atom is 0.416 e. The number of halogens is 1. The SMILES string of the molecule is CC1=CN(CCCCCCBr)C(O)N(C(=O)OCc2ccccc2)C1O. The van der Waals surface area contributed by atoms with Crippen molar-refractivity contribution in [2.75, 3.05) is 11.9 Å². The van der Waals surface area contributed by atoms with Crippen LogP contribution >= 0.6 is 15.9 Å². The van der Waals surface area contributed by atoms with E-state index in [1.54, 1.807) is 18.0 Å². The molecule has 1 aliphatic heterocycles. The lowest BCUT2D eigenvalue weighted by molar-refractivity contribution is -0.145. The lowest BCUT2D eigenvalue weighted by Gasteiger charge is -2.42. The van der Waals surface area contributed by atoms with Gasteiger partial charge in [-0.05, 0) is 30.9 Å². The molecule has 2 rings (SSSR count). The van der Waals surface area contributed by atoms with Gasteiger partial charge in [-0.15, -0.1) is 0 Å². The van der Waals surface area contributed by atoms with Gasteiger partial charge in [-0.1, -0.05) is 59.1 Å². The van der Waals surface area contributed by atoms with Crippen molar-refractivity contribution in [3.05, 3.63) is 47.7 Å². The van der Waals surface area contributed by atoms with Gasteiger partial charge in [0.25, 0.3) is 0 Å². The van der Waals surface area contributed by atoms with Gasteiger partial charge in [0.2, 0.25) is 6.35 Å². The van der Waals surface area contributed by atoms with E-state index in [4.69, 9.17) is 4.74 Å². The van der Waals surface area contributed by atoms with Crippen LogP contribution in [-0.4, -0.2) is 50.6 Å². The van der Waals surface area contributed by atoms with Crippen LogP contribution in [-0.2, 0) is 11.3 Å². The highest BCUT2D eigenvalue weighted by molar-refractivity contribution is 9.09. The van der Waals surface area contributed by atoms with Crippen LogP contribution in [0.3, 0.4) is 0 Å². The fourth-order valence-corrected chi connectivity index (χ4v) is 3.21. The molecule has 0 aliphatic carbocycles. The van der Waals surface area contributed by atoms with Crippen molar-refractivity contribution in [1.82, 2.24) is 9.80 Å². The Morgan fingerprint density at radius 2 is 1.85 bits per heavy atom. The van der Waals surface area contributed by atoms with Crippen molar-refractivity contribution in [2.45, 2.75) is 51.8 Å². The minimum Gasteiger partial charge on any atom is -0.444 e. The molecule has 0 bridgehead atoms. The summed E-state index contributed by atoms with van der Waals surface area (Å²) >= 11 is 3.41. The molecule has 2 atom stereocenters. The zero-order chi connectivity index (χ0) is 18.9. The average molecular weight is 427 g/mol. The molecule has 1 amide bonds. The molecule has 2 N–H and O–H groups in total. The summed E-state index contributed by atoms with van der Waals surface area (Å²) in [6.07, 6.45) is 2.70. The number of aliphatic hydroxyl groups excluding tert-OH is 2. The number of nitrogens with zero attached hydrogens (tertiary/aromatic N) is 2. The maximum atomic E-state index is 12.4. The molecular formula is C19H27BrN2O4. The molecule has 1 aromatic carbocycles. The van der Waals surface area contributed by atoms with Gasteiger partial charge < -0.3 is 19.8 Å². The van der Waals surface area contributed by atoms with Crippen LogP contribution in [0.15, 0.2) is 42.1 Å². The third kappa shape index (κ3) is 5.72. The molecule has 0 fully saturated rings. The van der Waals surface area contributed by atoms with Crippen molar-refractivity contribution in [3.63, 3.8) is 0 Å². The number of carbonyl (C=O) groups excluding carboxylic acids is 1. The van der Waals surface area contributed by atoms with E-state index in [2.05, 4.69) is 15.9 Å². The second kappa shape index (κ2) is 10.5. The molecule has 0 saturated carbocycles. The molecule has 1 aliphatic rings. The predicted octanol–water partition coefficient (Wildman–Crippen LogP) is 3.39. The molecule has 2 unspecified atom stereocenters. The summed E-state index contributed by atoms with van der Waals surface area (Å²) in [5.74, 6) is 0. The first kappa shape index (κ1) is 20.7. The minimum atomic E-state index is -1.24. The summed E-state index contributed by atoms with van der Waals surface area (Å²) in [4.78, 5) is 15.1. The quantitative estimate of drug-likeness (QED) is 0.492. The molecule has 1 heterocycles. The first-order valence-corrected chi connectivity index (χ1v) is 10.0. The van der Waals surface area contributed by atoms with Crippen LogP contribution in [0.4, 0.5) is 4.79 Å². The summed E-state index contributed by atoms with van der Waals surface area (Å²) in [6, 6.07) is 9.30. The number of rotatable bonds is 8. The highest BCUT2D eigenvalue weighted by atomic mass is 79.9. The number of unbranched alkanes of at least 4 members (excludes halogenated alkanes) is 3. The topological polar surface area (TPSA) is 73.2 Å². The maximum absolute atomic E-state index is 12.4. The van der Waals surface area contributed by atoms with Gasteiger partial charge in [0, 0.05) is 18.1 Å². The Kier molecular flexibility index (Phi) is 8.41. The van der Waals surface area contributed by atoms with Crippen molar-refractivity contribution < 1.29 is 19.7 Å². The lowest BCUT2D eigenvalue weighted by atomic mass is 10.1. The van der Waals surface area contributed by atoms with E-state index in [0.29, 0.717) is 12.1 Å². The Labute approximate surface area is 163 Å². The Hall–Kier alpha value is -1.57. The van der Waals surface area contributed by atoms with Gasteiger partial charge in [-0.2, -0.15) is 0 Å². The summed E-state index contributed by atoms with van der Waals surface area (Å²) in [5, 5.41) is 21.8. The number of ether oxygens (including phenoxy) is 1. The molecule has 26 heavy (non-hydrogen) atoms. The molecule has 6 nitrogen and oxygen atoms in total. The van der Waals surface area contributed by atoms with E-state index >= 15 is 0 Å². The van der Waals surface area contributed by atoms with Crippen molar-refractivity contribution in [2.24, 2.45) is 0 Å². The number of carbonyl (C=O) groups is 1. The Bertz CT molecular complexity index is 596. The number of hydrogen-bond acceptors (Lipinski definition) is 5. The number of amides is 1. The predicted molar refractivity (Wildman–Crippen MR) is 103 cm³/mol. The zero-order valence-electron chi connectivity index (χ0n) is 15.1. The lowest BCUT2D eigenvalue weighted by Crippen LogP contribution is -2.57. The summed E-state index contributed by atoms with van der Waals surface area (Å²) in [6.45, 7) is 2.42. The Morgan fingerprint density at radius 1 is 1.15 bits per heavy atom. The summed E-state index contributed by atoms with van der Waals surface area (Å²) in [5.41, 5.74) is 1.44. The van der Waals surface area contributed by atoms with E-state index in [9.17, 15) is 15.0 Å². The molecule has 0 saturated heterocycles. The van der Waals surface area contributed by atoms with Crippen molar-refractivity contribution in [1.29, 1.82) is 0 Å². The molecule has 0 aromatic heterocycles. The summed E-state index contributed by atoms with van der Waals surface area (Å²) in [7, 11) is 0. The number of alkyl halides is 1. The average Bonchev–Trinajstić information content (AvgIpc) is 2.65. The van der Waals surface area contributed by atoms with E-state index in [1.165, 1.54) is 0 Å². The van der Waals surface area contributed by atoms with E-state index < -0.39 is 18.7 Å². The number of hydrogen-bond donors (Lipinski definition) is 2. The standard InChI is InChI=1S/C19H27BrN2O4/c1-15-13-21(12-8-3-2-7-11-20)18(24)22(17(15)23)19(25)26-14-16-9-5-4-6-10-16/h4-6,9-10,13,17-18,23-24H,2-3,7-8,11-12,14H2,1H3. The second-order valence-corrected chi connectivity index (χ2v) is 7.17. The van der Waals surface area contributed by atoms with Crippen LogP contribution in [0.1, 0.15) is 38.2 Å². The first-order valence-electron chi connectivity index (χ1n) is 8.89. The van der Waals surface area contributed by atoms with Gasteiger partial charge in [0.15, 0.2) is 6.23 Å². The van der Waals surface area contributed by atoms with Gasteiger partial charge >= 0.3 is 6.09 Å². The minimum absolute atomic E-state index is 0.0882. The molecule has 0 spiro atoms. The second-order valence-electron chi connectivity index (χ2n) is 6.38. The van der Waals surface area contributed by atoms with E-state index in [1.807, 2.05) is 30.3 Å². The van der Waals surface area contributed by atoms with Crippen LogP contribution in [0.2, 0.25) is 0 Å². The fraction of sp³-hybridized carbons (Fsp3) is 0.526. The van der Waals surface area contributed by atoms with Crippen LogP contribution in [0.5, 0.6) is 0 Å². The molecule has 0 radical (unpaired) electrons. The monoisotopic (exact) mass is 426 g/mol. The number of benzene rings is 1. The summed E-state index contributed by atoms with van der Waals surface area (Å²) < 4.78 is 5.27. The normalized spacial score (nSPS) is 20.1. The third-order valence-corrected chi connectivity index (χ3v) is 4.86. The van der Waals surface area contributed by atoms with Crippen LogP contribution in [0.25, 0.3) is 0 Å².